The molecule has 0 amide bonds. The van der Waals surface area contributed by atoms with Crippen molar-refractivity contribution >= 4 is 49.8 Å². The van der Waals surface area contributed by atoms with Crippen LogP contribution < -0.4 is 4.90 Å². The van der Waals surface area contributed by atoms with Gasteiger partial charge in [0.05, 0.1) is 17.1 Å². The largest absolute Gasteiger partial charge is 0.454 e. The van der Waals surface area contributed by atoms with Gasteiger partial charge in [0.15, 0.2) is 5.58 Å². The van der Waals surface area contributed by atoms with Gasteiger partial charge in [-0.2, -0.15) is 0 Å². The average molecular weight is 722 g/mol. The fraction of sp³-hybridized carbons (Fsp3) is 0.148. The van der Waals surface area contributed by atoms with Crippen molar-refractivity contribution < 1.29 is 4.42 Å². The molecular formula is C54H43NO. The number of para-hydroxylation sites is 3. The maximum atomic E-state index is 6.88. The first-order chi connectivity index (χ1) is 27.7. The number of hydrogen-bond donors (Lipinski definition) is 0. The van der Waals surface area contributed by atoms with Crippen molar-refractivity contribution in [3.05, 3.63) is 198 Å². The van der Waals surface area contributed by atoms with E-state index in [1.54, 1.807) is 0 Å². The van der Waals surface area contributed by atoms with Crippen LogP contribution in [0.2, 0.25) is 0 Å². The van der Waals surface area contributed by atoms with E-state index in [9.17, 15) is 0 Å². The first-order valence-electron chi connectivity index (χ1n) is 20.3. The summed E-state index contributed by atoms with van der Waals surface area (Å²) in [5, 5.41) is 4.94. The van der Waals surface area contributed by atoms with Gasteiger partial charge in [-0.05, 0) is 94.1 Å². The van der Waals surface area contributed by atoms with E-state index in [0.29, 0.717) is 5.92 Å². The first-order valence-corrected chi connectivity index (χ1v) is 20.3. The lowest BCUT2D eigenvalue weighted by molar-refractivity contribution is 0.445. The van der Waals surface area contributed by atoms with Crippen LogP contribution in [-0.4, -0.2) is 0 Å². The third-order valence-electron chi connectivity index (χ3n) is 12.9. The van der Waals surface area contributed by atoms with E-state index in [0.717, 1.165) is 39.0 Å². The lowest BCUT2D eigenvalue weighted by Crippen LogP contribution is -2.22. The maximum Gasteiger partial charge on any atom is 0.159 e. The number of anilines is 3. The van der Waals surface area contributed by atoms with E-state index in [4.69, 9.17) is 4.42 Å². The zero-order valence-corrected chi connectivity index (χ0v) is 31.7. The fourth-order valence-corrected chi connectivity index (χ4v) is 10.3. The van der Waals surface area contributed by atoms with Crippen LogP contribution >= 0.6 is 0 Å². The van der Waals surface area contributed by atoms with E-state index in [-0.39, 0.29) is 5.41 Å². The Hall–Kier alpha value is -6.38. The van der Waals surface area contributed by atoms with Crippen LogP contribution in [0.3, 0.4) is 0 Å². The van der Waals surface area contributed by atoms with Gasteiger partial charge in [-0.3, -0.25) is 0 Å². The summed E-state index contributed by atoms with van der Waals surface area (Å²) in [7, 11) is 0. The Kier molecular flexibility index (Phi) is 7.74. The highest BCUT2D eigenvalue weighted by Crippen LogP contribution is 2.58. The van der Waals surface area contributed by atoms with E-state index >= 15 is 0 Å². The second-order valence-corrected chi connectivity index (χ2v) is 15.9. The molecule has 2 nitrogen and oxygen atoms in total. The van der Waals surface area contributed by atoms with E-state index in [2.05, 4.69) is 188 Å². The molecule has 0 bridgehead atoms. The lowest BCUT2D eigenvalue weighted by Gasteiger charge is -2.32. The Morgan fingerprint density at radius 3 is 2.00 bits per heavy atom. The molecule has 1 saturated carbocycles. The summed E-state index contributed by atoms with van der Waals surface area (Å²) in [6, 6.07) is 65.0. The quantitative estimate of drug-likeness (QED) is 0.170. The van der Waals surface area contributed by atoms with Crippen LogP contribution in [0.25, 0.3) is 55.0 Å². The Labute approximate surface area is 328 Å². The van der Waals surface area contributed by atoms with Crippen molar-refractivity contribution in [2.24, 2.45) is 0 Å². The topological polar surface area (TPSA) is 16.4 Å². The van der Waals surface area contributed by atoms with Crippen molar-refractivity contribution in [3.8, 4) is 22.3 Å². The molecule has 270 valence electrons. The van der Waals surface area contributed by atoms with E-state index in [1.807, 2.05) is 0 Å². The Bertz CT molecular complexity index is 2930. The molecule has 0 aliphatic heterocycles. The standard InChI is InChI=1S/C54H43NO/c1-54(38-22-6-3-7-23-38)45-30-11-8-26-44(45)52-46(54)31-17-33-48(52)55(49-34-16-29-43-41-25-10-13-35-50(41)56-53(43)49)47-32-12-9-24-40(47)42-28-15-21-37-20-14-27-39(51(37)42)36-18-4-2-5-19-36/h3,6-17,20-36H,2,4-5,18-19H2,1H3. The molecule has 0 spiro atoms. The van der Waals surface area contributed by atoms with Crippen LogP contribution in [0.5, 0.6) is 0 Å². The highest BCUT2D eigenvalue weighted by molar-refractivity contribution is 6.12. The zero-order valence-electron chi connectivity index (χ0n) is 31.7. The highest BCUT2D eigenvalue weighted by Gasteiger charge is 2.42. The first kappa shape index (κ1) is 33.0. The summed E-state index contributed by atoms with van der Waals surface area (Å²) in [5.41, 5.74) is 15.2. The van der Waals surface area contributed by atoms with Gasteiger partial charge in [0.25, 0.3) is 0 Å². The van der Waals surface area contributed by atoms with Crippen LogP contribution in [0.15, 0.2) is 180 Å². The molecule has 0 N–H and O–H groups in total. The average Bonchev–Trinajstić information content (AvgIpc) is 3.78. The molecule has 0 radical (unpaired) electrons. The summed E-state index contributed by atoms with van der Waals surface area (Å²) in [6.07, 6.45) is 6.46. The predicted molar refractivity (Wildman–Crippen MR) is 235 cm³/mol. The molecule has 2 aliphatic rings. The summed E-state index contributed by atoms with van der Waals surface area (Å²) < 4.78 is 6.88. The fourth-order valence-electron chi connectivity index (χ4n) is 10.3. The highest BCUT2D eigenvalue weighted by atomic mass is 16.3. The van der Waals surface area contributed by atoms with Gasteiger partial charge in [-0.15, -0.1) is 0 Å². The summed E-state index contributed by atoms with van der Waals surface area (Å²) >= 11 is 0. The molecule has 2 heteroatoms. The van der Waals surface area contributed by atoms with Crippen LogP contribution in [0, 0.1) is 0 Å². The smallest absolute Gasteiger partial charge is 0.159 e. The SMILES string of the molecule is CC1(c2ccccc2)c2ccccc2-c2c(N(c3ccccc3-c3cccc4cccc(C5CCCCC5)c34)c3cccc4c3oc3ccccc34)cccc21. The number of rotatable bonds is 6. The molecule has 0 saturated heterocycles. The second kappa shape index (κ2) is 13.1. The second-order valence-electron chi connectivity index (χ2n) is 15.9. The number of hydrogen-bond acceptors (Lipinski definition) is 2. The Morgan fingerprint density at radius 2 is 1.12 bits per heavy atom. The molecule has 2 aliphatic carbocycles. The molecule has 1 atom stereocenters. The van der Waals surface area contributed by atoms with Gasteiger partial charge in [-0.25, -0.2) is 0 Å². The summed E-state index contributed by atoms with van der Waals surface area (Å²) in [6.45, 7) is 2.40. The van der Waals surface area contributed by atoms with Crippen molar-refractivity contribution in [2.75, 3.05) is 4.90 Å². The molecule has 1 aromatic heterocycles. The maximum absolute atomic E-state index is 6.88. The van der Waals surface area contributed by atoms with Crippen molar-refractivity contribution in [2.45, 2.75) is 50.4 Å². The van der Waals surface area contributed by atoms with Gasteiger partial charge in [0, 0.05) is 27.3 Å². The zero-order chi connectivity index (χ0) is 37.2. The minimum Gasteiger partial charge on any atom is -0.454 e. The van der Waals surface area contributed by atoms with E-state index < -0.39 is 0 Å². The molecular weight excluding hydrogens is 679 g/mol. The monoisotopic (exact) mass is 721 g/mol. The lowest BCUT2D eigenvalue weighted by atomic mass is 9.74. The minimum atomic E-state index is -0.329. The third-order valence-corrected chi connectivity index (χ3v) is 12.9. The molecule has 1 heterocycles. The Morgan fingerprint density at radius 1 is 0.500 bits per heavy atom. The molecule has 9 aromatic rings. The minimum absolute atomic E-state index is 0.329. The van der Waals surface area contributed by atoms with Crippen LogP contribution in [0.4, 0.5) is 17.1 Å². The molecule has 1 fully saturated rings. The molecule has 11 rings (SSSR count). The van der Waals surface area contributed by atoms with Crippen LogP contribution in [-0.2, 0) is 5.41 Å². The number of furan rings is 1. The number of benzene rings is 8. The van der Waals surface area contributed by atoms with Crippen molar-refractivity contribution in [1.29, 1.82) is 0 Å². The van der Waals surface area contributed by atoms with E-state index in [1.165, 1.54) is 87.4 Å². The summed E-state index contributed by atoms with van der Waals surface area (Å²) in [5.74, 6) is 0.575. The van der Waals surface area contributed by atoms with Gasteiger partial charge in [-0.1, -0.05) is 171 Å². The molecule has 1 unspecified atom stereocenters. The van der Waals surface area contributed by atoms with Crippen LogP contribution in [0.1, 0.15) is 67.2 Å². The van der Waals surface area contributed by atoms with Gasteiger partial charge < -0.3 is 9.32 Å². The summed E-state index contributed by atoms with van der Waals surface area (Å²) in [4.78, 5) is 2.51. The number of fused-ring (bicyclic) bond motifs is 7. The van der Waals surface area contributed by atoms with Crippen molar-refractivity contribution in [1.82, 2.24) is 0 Å². The van der Waals surface area contributed by atoms with Crippen molar-refractivity contribution in [3.63, 3.8) is 0 Å². The normalized spacial score (nSPS) is 16.7. The van der Waals surface area contributed by atoms with Gasteiger partial charge in [0.2, 0.25) is 0 Å². The molecule has 8 aromatic carbocycles. The number of nitrogens with zero attached hydrogens (tertiary/aromatic N) is 1. The molecule has 56 heavy (non-hydrogen) atoms. The van der Waals surface area contributed by atoms with Gasteiger partial charge in [0.1, 0.15) is 5.58 Å². The third kappa shape index (κ3) is 4.95. The predicted octanol–water partition coefficient (Wildman–Crippen LogP) is 15.3. The van der Waals surface area contributed by atoms with Gasteiger partial charge >= 0.3 is 0 Å². The Balaban J connectivity index is 1.23.